The van der Waals surface area contributed by atoms with Crippen LogP contribution >= 0.6 is 0 Å². The molecule has 5 nitrogen and oxygen atoms in total. The van der Waals surface area contributed by atoms with Crippen LogP contribution in [0.2, 0.25) is 0 Å². The van der Waals surface area contributed by atoms with Gasteiger partial charge in [-0.05, 0) is 19.1 Å². The molecule has 0 fully saturated rings. The van der Waals surface area contributed by atoms with Gasteiger partial charge in [-0.15, -0.1) is 0 Å². The third-order valence-corrected chi connectivity index (χ3v) is 2.98. The maximum atomic E-state index is 11.9. The second-order valence-corrected chi connectivity index (χ2v) is 4.17. The van der Waals surface area contributed by atoms with Crippen molar-refractivity contribution >= 4 is 17.4 Å². The van der Waals surface area contributed by atoms with Crippen molar-refractivity contribution < 1.29 is 19.1 Å². The number of methoxy groups -OCH3 is 2. The van der Waals surface area contributed by atoms with E-state index in [0.29, 0.717) is 11.3 Å². The predicted octanol–water partition coefficient (Wildman–Crippen LogP) is 1.14. The normalized spacial score (nSPS) is 14.6. The summed E-state index contributed by atoms with van der Waals surface area (Å²) in [5.41, 5.74) is 2.02. The van der Waals surface area contributed by atoms with E-state index in [0.717, 1.165) is 5.56 Å². The van der Waals surface area contributed by atoms with Crippen molar-refractivity contribution in [2.75, 3.05) is 25.7 Å². The Kier molecular flexibility index (Phi) is 3.45. The third-order valence-electron chi connectivity index (χ3n) is 2.98. The van der Waals surface area contributed by atoms with Crippen LogP contribution in [0, 0.1) is 6.92 Å². The highest BCUT2D eigenvalue weighted by molar-refractivity contribution is 6.52. The number of carbonyl (C=O) groups is 2. The molecule has 1 aliphatic rings. The van der Waals surface area contributed by atoms with Crippen molar-refractivity contribution in [2.45, 2.75) is 13.2 Å². The summed E-state index contributed by atoms with van der Waals surface area (Å²) in [7, 11) is 2.99. The number of ether oxygens (including phenoxy) is 2. The SMILES string of the molecule is COC(CN1C(=O)C(=O)c2cc(C)ccc21)OC. The van der Waals surface area contributed by atoms with Crippen molar-refractivity contribution in [1.82, 2.24) is 0 Å². The second-order valence-electron chi connectivity index (χ2n) is 4.17. The highest BCUT2D eigenvalue weighted by Gasteiger charge is 2.36. The van der Waals surface area contributed by atoms with Gasteiger partial charge in [0.25, 0.3) is 11.7 Å². The number of hydrogen-bond donors (Lipinski definition) is 0. The van der Waals surface area contributed by atoms with Gasteiger partial charge in [-0.3, -0.25) is 14.5 Å². The molecule has 0 bridgehead atoms. The molecular formula is C13H15NO4. The van der Waals surface area contributed by atoms with Gasteiger partial charge in [-0.2, -0.15) is 0 Å². The molecule has 96 valence electrons. The van der Waals surface area contributed by atoms with Crippen molar-refractivity contribution in [2.24, 2.45) is 0 Å². The summed E-state index contributed by atoms with van der Waals surface area (Å²) in [5.74, 6) is -1.01. The maximum Gasteiger partial charge on any atom is 0.299 e. The molecule has 1 aliphatic heterocycles. The minimum absolute atomic E-state index is 0.202. The molecule has 0 aromatic heterocycles. The first-order chi connectivity index (χ1) is 8.58. The average Bonchev–Trinajstić information content (AvgIpc) is 2.60. The molecule has 0 saturated heterocycles. The lowest BCUT2D eigenvalue weighted by Crippen LogP contribution is -2.38. The fourth-order valence-corrected chi connectivity index (χ4v) is 1.99. The van der Waals surface area contributed by atoms with Gasteiger partial charge in [0.15, 0.2) is 6.29 Å². The summed E-state index contributed by atoms with van der Waals surface area (Å²) in [5, 5.41) is 0. The van der Waals surface area contributed by atoms with Crippen molar-refractivity contribution in [1.29, 1.82) is 0 Å². The van der Waals surface area contributed by atoms with E-state index in [9.17, 15) is 9.59 Å². The number of anilines is 1. The average molecular weight is 249 g/mol. The quantitative estimate of drug-likeness (QED) is 0.593. The largest absolute Gasteiger partial charge is 0.354 e. The van der Waals surface area contributed by atoms with E-state index in [4.69, 9.17) is 9.47 Å². The van der Waals surface area contributed by atoms with Gasteiger partial charge in [0, 0.05) is 14.2 Å². The molecule has 0 atom stereocenters. The predicted molar refractivity (Wildman–Crippen MR) is 65.7 cm³/mol. The zero-order valence-electron chi connectivity index (χ0n) is 10.6. The van der Waals surface area contributed by atoms with Crippen LogP contribution in [0.3, 0.4) is 0 Å². The Morgan fingerprint density at radius 3 is 2.50 bits per heavy atom. The number of ketones is 1. The molecule has 0 N–H and O–H groups in total. The van der Waals surface area contributed by atoms with Gasteiger partial charge < -0.3 is 9.47 Å². The van der Waals surface area contributed by atoms with E-state index in [-0.39, 0.29) is 6.54 Å². The number of aryl methyl sites for hydroxylation is 1. The lowest BCUT2D eigenvalue weighted by Gasteiger charge is -2.21. The number of Topliss-reactive ketones (excluding diaryl/α,β-unsaturated/α-hetero) is 1. The van der Waals surface area contributed by atoms with Crippen molar-refractivity contribution in [3.63, 3.8) is 0 Å². The van der Waals surface area contributed by atoms with Crippen molar-refractivity contribution in [3.05, 3.63) is 29.3 Å². The number of hydrogen-bond acceptors (Lipinski definition) is 4. The van der Waals surface area contributed by atoms with Crippen LogP contribution in [0.25, 0.3) is 0 Å². The number of rotatable bonds is 4. The molecule has 0 radical (unpaired) electrons. The van der Waals surface area contributed by atoms with Gasteiger partial charge in [0.1, 0.15) is 0 Å². The summed E-state index contributed by atoms with van der Waals surface area (Å²) in [4.78, 5) is 25.1. The summed E-state index contributed by atoms with van der Waals surface area (Å²) >= 11 is 0. The molecule has 2 rings (SSSR count). The Morgan fingerprint density at radius 2 is 1.89 bits per heavy atom. The Labute approximate surface area is 105 Å². The fourth-order valence-electron chi connectivity index (χ4n) is 1.99. The van der Waals surface area contributed by atoms with Crippen LogP contribution in [0.1, 0.15) is 15.9 Å². The van der Waals surface area contributed by atoms with Crippen LogP contribution in [-0.2, 0) is 14.3 Å². The maximum absolute atomic E-state index is 11.9. The molecule has 1 aromatic rings. The molecule has 18 heavy (non-hydrogen) atoms. The Hall–Kier alpha value is -1.72. The topological polar surface area (TPSA) is 55.8 Å². The first kappa shape index (κ1) is 12.7. The molecule has 5 heteroatoms. The van der Waals surface area contributed by atoms with E-state index in [1.807, 2.05) is 13.0 Å². The number of benzene rings is 1. The highest BCUT2D eigenvalue weighted by Crippen LogP contribution is 2.29. The van der Waals surface area contributed by atoms with Crippen LogP contribution in [0.5, 0.6) is 0 Å². The standard InChI is InChI=1S/C13H15NO4/c1-8-4-5-10-9(6-8)12(15)13(16)14(10)7-11(17-2)18-3/h4-6,11H,7H2,1-3H3. The van der Waals surface area contributed by atoms with Crippen LogP contribution < -0.4 is 4.90 Å². The number of carbonyl (C=O) groups excluding carboxylic acids is 2. The molecule has 0 spiro atoms. The van der Waals surface area contributed by atoms with Gasteiger partial charge in [-0.1, -0.05) is 11.6 Å². The fraction of sp³-hybridized carbons (Fsp3) is 0.385. The lowest BCUT2D eigenvalue weighted by atomic mass is 10.1. The monoisotopic (exact) mass is 249 g/mol. The van der Waals surface area contributed by atoms with E-state index in [2.05, 4.69) is 0 Å². The Balaban J connectivity index is 2.34. The molecule has 1 amide bonds. The third kappa shape index (κ3) is 2.02. The molecule has 1 aromatic carbocycles. The van der Waals surface area contributed by atoms with Gasteiger partial charge >= 0.3 is 0 Å². The second kappa shape index (κ2) is 4.88. The number of amides is 1. The van der Waals surface area contributed by atoms with Crippen molar-refractivity contribution in [3.8, 4) is 0 Å². The minimum Gasteiger partial charge on any atom is -0.354 e. The Morgan fingerprint density at radius 1 is 1.22 bits per heavy atom. The summed E-state index contributed by atoms with van der Waals surface area (Å²) in [6.45, 7) is 2.08. The molecule has 1 heterocycles. The van der Waals surface area contributed by atoms with E-state index < -0.39 is 18.0 Å². The minimum atomic E-state index is -0.547. The van der Waals surface area contributed by atoms with E-state index in [1.54, 1.807) is 12.1 Å². The first-order valence-electron chi connectivity index (χ1n) is 5.61. The number of nitrogens with zero attached hydrogens (tertiary/aromatic N) is 1. The molecular weight excluding hydrogens is 234 g/mol. The Bertz CT molecular complexity index is 494. The summed E-state index contributed by atoms with van der Waals surface area (Å²) in [6.07, 6.45) is -0.547. The zero-order valence-corrected chi connectivity index (χ0v) is 10.6. The first-order valence-corrected chi connectivity index (χ1v) is 5.61. The van der Waals surface area contributed by atoms with E-state index >= 15 is 0 Å². The van der Waals surface area contributed by atoms with E-state index in [1.165, 1.54) is 19.1 Å². The van der Waals surface area contributed by atoms with Crippen LogP contribution in [0.15, 0.2) is 18.2 Å². The van der Waals surface area contributed by atoms with Crippen LogP contribution in [-0.4, -0.2) is 38.7 Å². The molecule has 0 aliphatic carbocycles. The molecule has 0 saturated carbocycles. The lowest BCUT2D eigenvalue weighted by molar-refractivity contribution is -0.119. The number of fused-ring (bicyclic) bond motifs is 1. The smallest absolute Gasteiger partial charge is 0.299 e. The van der Waals surface area contributed by atoms with Crippen LogP contribution in [0.4, 0.5) is 5.69 Å². The van der Waals surface area contributed by atoms with Gasteiger partial charge in [0.2, 0.25) is 0 Å². The zero-order chi connectivity index (χ0) is 13.3. The summed E-state index contributed by atoms with van der Waals surface area (Å²) < 4.78 is 10.1. The highest BCUT2D eigenvalue weighted by atomic mass is 16.7. The van der Waals surface area contributed by atoms with Gasteiger partial charge in [0.05, 0.1) is 17.8 Å². The molecule has 0 unspecified atom stereocenters. The summed E-state index contributed by atoms with van der Waals surface area (Å²) in [6, 6.07) is 5.37. The van der Waals surface area contributed by atoms with Gasteiger partial charge in [-0.25, -0.2) is 0 Å².